The first-order valence-corrected chi connectivity index (χ1v) is 8.38. The summed E-state index contributed by atoms with van der Waals surface area (Å²) in [5.74, 6) is 0.906. The van der Waals surface area contributed by atoms with Crippen molar-refractivity contribution in [3.05, 3.63) is 34.7 Å². The standard InChI is InChI=1S/C17H22N2S/c1-12-3-7-15(8-4-12)19-16-9-5-14(6-10-16)17-11-20-13(2)18-17/h5-6,9-12,15,19H,3-4,7-8H2,1-2H3. The molecule has 20 heavy (non-hydrogen) atoms. The zero-order valence-corrected chi connectivity index (χ0v) is 13.0. The highest BCUT2D eigenvalue weighted by atomic mass is 32.1. The number of hydrogen-bond acceptors (Lipinski definition) is 3. The van der Waals surface area contributed by atoms with E-state index in [2.05, 4.69) is 46.9 Å². The molecule has 1 fully saturated rings. The Balaban J connectivity index is 1.64. The summed E-state index contributed by atoms with van der Waals surface area (Å²) >= 11 is 1.71. The Morgan fingerprint density at radius 3 is 2.40 bits per heavy atom. The lowest BCUT2D eigenvalue weighted by Gasteiger charge is -2.27. The molecule has 0 unspecified atom stereocenters. The summed E-state index contributed by atoms with van der Waals surface area (Å²) in [7, 11) is 0. The maximum absolute atomic E-state index is 4.53. The predicted molar refractivity (Wildman–Crippen MR) is 87.3 cm³/mol. The molecule has 106 valence electrons. The normalized spacial score (nSPS) is 22.7. The molecule has 1 aromatic carbocycles. The number of hydrogen-bond donors (Lipinski definition) is 1. The van der Waals surface area contributed by atoms with Crippen molar-refractivity contribution < 1.29 is 0 Å². The van der Waals surface area contributed by atoms with E-state index in [-0.39, 0.29) is 0 Å². The molecule has 0 saturated heterocycles. The van der Waals surface area contributed by atoms with Crippen molar-refractivity contribution in [2.75, 3.05) is 5.32 Å². The molecule has 3 rings (SSSR count). The number of thiazole rings is 1. The third-order valence-corrected chi connectivity index (χ3v) is 4.96. The van der Waals surface area contributed by atoms with Crippen molar-refractivity contribution in [1.29, 1.82) is 0 Å². The summed E-state index contributed by atoms with van der Waals surface area (Å²) in [6.07, 6.45) is 5.31. The van der Waals surface area contributed by atoms with Crippen molar-refractivity contribution in [2.24, 2.45) is 5.92 Å². The summed E-state index contributed by atoms with van der Waals surface area (Å²) in [5.41, 5.74) is 3.53. The van der Waals surface area contributed by atoms with Gasteiger partial charge in [-0.2, -0.15) is 0 Å². The van der Waals surface area contributed by atoms with Gasteiger partial charge >= 0.3 is 0 Å². The minimum absolute atomic E-state index is 0.651. The lowest BCUT2D eigenvalue weighted by molar-refractivity contribution is 0.361. The Hall–Kier alpha value is -1.35. The van der Waals surface area contributed by atoms with Crippen LogP contribution >= 0.6 is 11.3 Å². The largest absolute Gasteiger partial charge is 0.382 e. The third kappa shape index (κ3) is 3.21. The minimum atomic E-state index is 0.651. The molecule has 1 aliphatic carbocycles. The molecule has 1 N–H and O–H groups in total. The number of anilines is 1. The lowest BCUT2D eigenvalue weighted by Crippen LogP contribution is -2.25. The fourth-order valence-corrected chi connectivity index (χ4v) is 3.50. The van der Waals surface area contributed by atoms with Crippen LogP contribution in [-0.2, 0) is 0 Å². The van der Waals surface area contributed by atoms with E-state index in [1.807, 2.05) is 6.92 Å². The van der Waals surface area contributed by atoms with E-state index in [1.165, 1.54) is 36.9 Å². The molecule has 0 amide bonds. The van der Waals surface area contributed by atoms with Crippen molar-refractivity contribution in [3.8, 4) is 11.3 Å². The van der Waals surface area contributed by atoms with Gasteiger partial charge in [0.25, 0.3) is 0 Å². The maximum atomic E-state index is 4.53. The van der Waals surface area contributed by atoms with E-state index in [0.29, 0.717) is 6.04 Å². The molecule has 0 atom stereocenters. The summed E-state index contributed by atoms with van der Waals surface area (Å²) in [6, 6.07) is 9.35. The van der Waals surface area contributed by atoms with Crippen molar-refractivity contribution in [1.82, 2.24) is 4.98 Å². The molecule has 0 bridgehead atoms. The highest BCUT2D eigenvalue weighted by Gasteiger charge is 2.17. The topological polar surface area (TPSA) is 24.9 Å². The number of aromatic nitrogens is 1. The molecule has 2 nitrogen and oxygen atoms in total. The second-order valence-corrected chi connectivity index (χ2v) is 6.99. The Labute approximate surface area is 125 Å². The Morgan fingerprint density at radius 2 is 1.80 bits per heavy atom. The van der Waals surface area contributed by atoms with Crippen LogP contribution in [0.25, 0.3) is 11.3 Å². The van der Waals surface area contributed by atoms with Crippen LogP contribution in [0.2, 0.25) is 0 Å². The van der Waals surface area contributed by atoms with Gasteiger partial charge in [-0.05, 0) is 50.7 Å². The first-order chi connectivity index (χ1) is 9.70. The summed E-state index contributed by atoms with van der Waals surface area (Å²) < 4.78 is 0. The van der Waals surface area contributed by atoms with Crippen molar-refractivity contribution >= 4 is 17.0 Å². The van der Waals surface area contributed by atoms with Gasteiger partial charge in [-0.15, -0.1) is 11.3 Å². The summed E-state index contributed by atoms with van der Waals surface area (Å²) in [6.45, 7) is 4.41. The average molecular weight is 286 g/mol. The molecule has 1 heterocycles. The van der Waals surface area contributed by atoms with Crippen LogP contribution in [0.3, 0.4) is 0 Å². The Bertz CT molecular complexity index is 551. The zero-order chi connectivity index (χ0) is 13.9. The van der Waals surface area contributed by atoms with Crippen LogP contribution in [0, 0.1) is 12.8 Å². The minimum Gasteiger partial charge on any atom is -0.382 e. The van der Waals surface area contributed by atoms with Gasteiger partial charge in [0.1, 0.15) is 0 Å². The van der Waals surface area contributed by atoms with E-state index in [9.17, 15) is 0 Å². The second kappa shape index (κ2) is 5.96. The molecule has 1 aliphatic rings. The highest BCUT2D eigenvalue weighted by Crippen LogP contribution is 2.27. The van der Waals surface area contributed by atoms with Gasteiger partial charge in [-0.3, -0.25) is 0 Å². The molecule has 0 aliphatic heterocycles. The maximum Gasteiger partial charge on any atom is 0.0901 e. The van der Waals surface area contributed by atoms with Gasteiger partial charge in [-0.25, -0.2) is 4.98 Å². The molecule has 3 heteroatoms. The van der Waals surface area contributed by atoms with Crippen LogP contribution in [-0.4, -0.2) is 11.0 Å². The first-order valence-electron chi connectivity index (χ1n) is 7.50. The van der Waals surface area contributed by atoms with E-state index in [4.69, 9.17) is 0 Å². The quantitative estimate of drug-likeness (QED) is 0.848. The SMILES string of the molecule is Cc1nc(-c2ccc(NC3CCC(C)CC3)cc2)cs1. The van der Waals surface area contributed by atoms with Crippen molar-refractivity contribution in [3.63, 3.8) is 0 Å². The smallest absolute Gasteiger partial charge is 0.0901 e. The third-order valence-electron chi connectivity index (χ3n) is 4.19. The molecule has 2 aromatic rings. The van der Waals surface area contributed by atoms with Crippen LogP contribution in [0.1, 0.15) is 37.6 Å². The first kappa shape index (κ1) is 13.6. The van der Waals surface area contributed by atoms with Gasteiger partial charge in [0.05, 0.1) is 10.7 Å². The number of nitrogens with zero attached hydrogens (tertiary/aromatic N) is 1. The number of benzene rings is 1. The van der Waals surface area contributed by atoms with Gasteiger partial charge in [0.2, 0.25) is 0 Å². The van der Waals surface area contributed by atoms with Gasteiger partial charge in [0.15, 0.2) is 0 Å². The van der Waals surface area contributed by atoms with Gasteiger partial charge < -0.3 is 5.32 Å². The monoisotopic (exact) mass is 286 g/mol. The molecular weight excluding hydrogens is 264 g/mol. The van der Waals surface area contributed by atoms with Gasteiger partial charge in [0, 0.05) is 22.7 Å². The molecule has 0 radical (unpaired) electrons. The van der Waals surface area contributed by atoms with Crippen LogP contribution < -0.4 is 5.32 Å². The zero-order valence-electron chi connectivity index (χ0n) is 12.2. The van der Waals surface area contributed by atoms with E-state index >= 15 is 0 Å². The fraction of sp³-hybridized carbons (Fsp3) is 0.471. The molecule has 1 saturated carbocycles. The van der Waals surface area contributed by atoms with Crippen LogP contribution in [0.5, 0.6) is 0 Å². The van der Waals surface area contributed by atoms with Crippen molar-refractivity contribution in [2.45, 2.75) is 45.6 Å². The second-order valence-electron chi connectivity index (χ2n) is 5.93. The number of aryl methyl sites for hydroxylation is 1. The lowest BCUT2D eigenvalue weighted by atomic mass is 9.87. The van der Waals surface area contributed by atoms with Crippen LogP contribution in [0.15, 0.2) is 29.6 Å². The fourth-order valence-electron chi connectivity index (χ4n) is 2.87. The number of nitrogens with one attached hydrogen (secondary N) is 1. The number of rotatable bonds is 3. The molecular formula is C17H22N2S. The van der Waals surface area contributed by atoms with E-state index in [0.717, 1.165) is 16.6 Å². The van der Waals surface area contributed by atoms with Gasteiger partial charge in [-0.1, -0.05) is 19.1 Å². The van der Waals surface area contributed by atoms with E-state index < -0.39 is 0 Å². The molecule has 1 aromatic heterocycles. The Morgan fingerprint density at radius 1 is 1.10 bits per heavy atom. The molecule has 0 spiro atoms. The summed E-state index contributed by atoms with van der Waals surface area (Å²) in [5, 5.41) is 6.92. The van der Waals surface area contributed by atoms with E-state index in [1.54, 1.807) is 11.3 Å². The average Bonchev–Trinajstić information content (AvgIpc) is 2.89. The Kier molecular flexibility index (Phi) is 4.06. The summed E-state index contributed by atoms with van der Waals surface area (Å²) in [4.78, 5) is 4.53. The predicted octanol–water partition coefficient (Wildman–Crippen LogP) is 5.11. The van der Waals surface area contributed by atoms with Crippen LogP contribution in [0.4, 0.5) is 5.69 Å². The highest BCUT2D eigenvalue weighted by molar-refractivity contribution is 7.09.